The van der Waals surface area contributed by atoms with Gasteiger partial charge in [-0.3, -0.25) is 0 Å². The van der Waals surface area contributed by atoms with E-state index in [1.807, 2.05) is 19.1 Å². The Morgan fingerprint density at radius 1 is 1.26 bits per heavy atom. The van der Waals surface area contributed by atoms with E-state index < -0.39 is 0 Å². The third-order valence-electron chi connectivity index (χ3n) is 2.38. The summed E-state index contributed by atoms with van der Waals surface area (Å²) < 4.78 is 6.62. The molecule has 2 aromatic rings. The number of hydrogen-bond acceptors (Lipinski definition) is 4. The van der Waals surface area contributed by atoms with E-state index in [1.54, 1.807) is 6.07 Å². The Kier molecular flexibility index (Phi) is 4.52. The number of anilines is 1. The van der Waals surface area contributed by atoms with E-state index in [-0.39, 0.29) is 5.88 Å². The molecule has 0 saturated carbocycles. The zero-order valence-electron chi connectivity index (χ0n) is 9.88. The van der Waals surface area contributed by atoms with Crippen LogP contribution in [0.15, 0.2) is 28.7 Å². The molecule has 0 fully saturated rings. The summed E-state index contributed by atoms with van der Waals surface area (Å²) in [6.45, 7) is 1.96. The van der Waals surface area contributed by atoms with E-state index in [1.165, 1.54) is 6.07 Å². The van der Waals surface area contributed by atoms with Crippen molar-refractivity contribution in [3.63, 3.8) is 0 Å². The number of halogens is 3. The van der Waals surface area contributed by atoms with Crippen LogP contribution in [-0.2, 0) is 0 Å². The van der Waals surface area contributed by atoms with E-state index in [0.29, 0.717) is 21.6 Å². The van der Waals surface area contributed by atoms with Gasteiger partial charge in [0.05, 0.1) is 5.02 Å². The highest BCUT2D eigenvalue weighted by Crippen LogP contribution is 2.34. The zero-order chi connectivity index (χ0) is 14.0. The minimum atomic E-state index is 0.237. The number of pyridine rings is 1. The van der Waals surface area contributed by atoms with Gasteiger partial charge in [-0.2, -0.15) is 4.98 Å². The van der Waals surface area contributed by atoms with Crippen molar-refractivity contribution in [3.05, 3.63) is 44.3 Å². The van der Waals surface area contributed by atoms with Gasteiger partial charge in [0.1, 0.15) is 10.8 Å². The van der Waals surface area contributed by atoms with Gasteiger partial charge in [-0.1, -0.05) is 39.1 Å². The molecule has 3 N–H and O–H groups in total. The van der Waals surface area contributed by atoms with Crippen LogP contribution >= 0.6 is 39.1 Å². The van der Waals surface area contributed by atoms with Crippen LogP contribution < -0.4 is 16.0 Å². The Morgan fingerprint density at radius 2 is 2.00 bits per heavy atom. The standard InChI is InChI=1S/C12H10BrCl2N3O/c1-6-4-7(2-3-8(6)13)19-12-10(15)5-9(14)11(17-12)18-16/h2-5H,16H2,1H3,(H,17,18). The number of nitrogens with one attached hydrogen (secondary N) is 1. The summed E-state index contributed by atoms with van der Waals surface area (Å²) in [6, 6.07) is 7.08. The minimum Gasteiger partial charge on any atom is -0.437 e. The molecule has 0 radical (unpaired) electrons. The number of benzene rings is 1. The van der Waals surface area contributed by atoms with Crippen molar-refractivity contribution in [2.75, 3.05) is 5.43 Å². The van der Waals surface area contributed by atoms with E-state index in [9.17, 15) is 0 Å². The molecule has 0 bridgehead atoms. The second-order valence-electron chi connectivity index (χ2n) is 3.76. The summed E-state index contributed by atoms with van der Waals surface area (Å²) in [6.07, 6.45) is 0. The lowest BCUT2D eigenvalue weighted by molar-refractivity contribution is 0.463. The second-order valence-corrected chi connectivity index (χ2v) is 5.43. The molecule has 0 aliphatic carbocycles. The number of nitrogen functional groups attached to an aromatic ring is 1. The van der Waals surface area contributed by atoms with Gasteiger partial charge < -0.3 is 10.2 Å². The zero-order valence-corrected chi connectivity index (χ0v) is 13.0. The highest BCUT2D eigenvalue weighted by molar-refractivity contribution is 9.10. The number of nitrogens with two attached hydrogens (primary N) is 1. The third-order valence-corrected chi connectivity index (χ3v) is 3.83. The molecule has 0 spiro atoms. The van der Waals surface area contributed by atoms with Gasteiger partial charge in [-0.25, -0.2) is 5.84 Å². The normalized spacial score (nSPS) is 10.4. The van der Waals surface area contributed by atoms with Gasteiger partial charge in [0.15, 0.2) is 5.82 Å². The Balaban J connectivity index is 2.34. The fourth-order valence-electron chi connectivity index (χ4n) is 1.41. The smallest absolute Gasteiger partial charge is 0.240 e. The van der Waals surface area contributed by atoms with Crippen LogP contribution in [0.5, 0.6) is 11.6 Å². The molecule has 0 atom stereocenters. The van der Waals surface area contributed by atoms with Crippen molar-refractivity contribution in [2.45, 2.75) is 6.92 Å². The van der Waals surface area contributed by atoms with Crippen molar-refractivity contribution < 1.29 is 4.74 Å². The van der Waals surface area contributed by atoms with Crippen LogP contribution in [-0.4, -0.2) is 4.98 Å². The Bertz CT molecular complexity index is 622. The lowest BCUT2D eigenvalue weighted by atomic mass is 10.2. The molecule has 0 unspecified atom stereocenters. The average molecular weight is 363 g/mol. The molecule has 1 aromatic carbocycles. The van der Waals surface area contributed by atoms with Crippen molar-refractivity contribution in [1.82, 2.24) is 4.98 Å². The molecule has 0 aliphatic heterocycles. The number of nitrogens with zero attached hydrogens (tertiary/aromatic N) is 1. The van der Waals surface area contributed by atoms with Crippen LogP contribution in [0.2, 0.25) is 10.0 Å². The number of ether oxygens (including phenoxy) is 1. The summed E-state index contributed by atoms with van der Waals surface area (Å²) in [5.41, 5.74) is 3.42. The summed E-state index contributed by atoms with van der Waals surface area (Å²) in [4.78, 5) is 4.10. The van der Waals surface area contributed by atoms with Crippen LogP contribution in [0.1, 0.15) is 5.56 Å². The highest BCUT2D eigenvalue weighted by atomic mass is 79.9. The van der Waals surface area contributed by atoms with E-state index in [0.717, 1.165) is 10.0 Å². The maximum Gasteiger partial charge on any atom is 0.240 e. The summed E-state index contributed by atoms with van der Waals surface area (Å²) in [5, 5.41) is 0.636. The van der Waals surface area contributed by atoms with Crippen molar-refractivity contribution in [2.24, 2.45) is 5.84 Å². The fourth-order valence-corrected chi connectivity index (χ4v) is 2.11. The monoisotopic (exact) mass is 361 g/mol. The molecule has 7 heteroatoms. The number of rotatable bonds is 3. The largest absolute Gasteiger partial charge is 0.437 e. The van der Waals surface area contributed by atoms with Crippen molar-refractivity contribution in [3.8, 4) is 11.6 Å². The average Bonchev–Trinajstić information content (AvgIpc) is 2.37. The topological polar surface area (TPSA) is 60.2 Å². The molecular weight excluding hydrogens is 353 g/mol. The van der Waals surface area contributed by atoms with Gasteiger partial charge in [-0.05, 0) is 36.8 Å². The fraction of sp³-hybridized carbons (Fsp3) is 0.0833. The number of aryl methyl sites for hydroxylation is 1. The first-order chi connectivity index (χ1) is 9.01. The Labute approximate surface area is 129 Å². The molecule has 2 rings (SSSR count). The van der Waals surface area contributed by atoms with E-state index in [2.05, 4.69) is 26.3 Å². The predicted molar refractivity (Wildman–Crippen MR) is 81.0 cm³/mol. The molecular formula is C12H10BrCl2N3O. The van der Waals surface area contributed by atoms with Gasteiger partial charge >= 0.3 is 0 Å². The maximum absolute atomic E-state index is 6.03. The van der Waals surface area contributed by atoms with Gasteiger partial charge in [-0.15, -0.1) is 0 Å². The molecule has 1 heterocycles. The maximum atomic E-state index is 6.03. The van der Waals surface area contributed by atoms with Crippen molar-refractivity contribution in [1.29, 1.82) is 0 Å². The second kappa shape index (κ2) is 5.96. The van der Waals surface area contributed by atoms with Crippen LogP contribution in [0.3, 0.4) is 0 Å². The SMILES string of the molecule is Cc1cc(Oc2nc(NN)c(Cl)cc2Cl)ccc1Br. The van der Waals surface area contributed by atoms with Gasteiger partial charge in [0.2, 0.25) is 5.88 Å². The molecule has 0 amide bonds. The molecule has 4 nitrogen and oxygen atoms in total. The molecule has 0 aliphatic rings. The number of aromatic nitrogens is 1. The first-order valence-electron chi connectivity index (χ1n) is 5.28. The van der Waals surface area contributed by atoms with Crippen LogP contribution in [0.25, 0.3) is 0 Å². The van der Waals surface area contributed by atoms with Gasteiger partial charge in [0.25, 0.3) is 0 Å². The summed E-state index contributed by atoms with van der Waals surface area (Å²) in [7, 11) is 0. The van der Waals surface area contributed by atoms with Gasteiger partial charge in [0, 0.05) is 4.47 Å². The van der Waals surface area contributed by atoms with E-state index in [4.69, 9.17) is 33.8 Å². The third kappa shape index (κ3) is 3.30. The first kappa shape index (κ1) is 14.4. The Hall–Kier alpha value is -1.01. The minimum absolute atomic E-state index is 0.237. The predicted octanol–water partition coefficient (Wildman–Crippen LogP) is 4.54. The van der Waals surface area contributed by atoms with E-state index >= 15 is 0 Å². The highest BCUT2D eigenvalue weighted by Gasteiger charge is 2.11. The summed E-state index contributed by atoms with van der Waals surface area (Å²) in [5.74, 6) is 6.47. The number of hydrogen-bond donors (Lipinski definition) is 2. The molecule has 100 valence electrons. The lowest BCUT2D eigenvalue weighted by Crippen LogP contribution is -2.09. The molecule has 0 saturated heterocycles. The molecule has 1 aromatic heterocycles. The first-order valence-corrected chi connectivity index (χ1v) is 6.83. The number of hydrazine groups is 1. The Morgan fingerprint density at radius 3 is 2.63 bits per heavy atom. The molecule has 19 heavy (non-hydrogen) atoms. The van der Waals surface area contributed by atoms with Crippen LogP contribution in [0.4, 0.5) is 5.82 Å². The van der Waals surface area contributed by atoms with Crippen molar-refractivity contribution >= 4 is 44.9 Å². The van der Waals surface area contributed by atoms with Crippen LogP contribution in [0, 0.1) is 6.92 Å². The quantitative estimate of drug-likeness (QED) is 0.621. The lowest BCUT2D eigenvalue weighted by Gasteiger charge is -2.10. The summed E-state index contributed by atoms with van der Waals surface area (Å²) >= 11 is 15.3.